The van der Waals surface area contributed by atoms with E-state index in [1.807, 2.05) is 33.8 Å². The number of anilines is 3. The first kappa shape index (κ1) is 30.1. The lowest BCUT2D eigenvalue weighted by Gasteiger charge is -2.24. The number of hydrogen-bond donors (Lipinski definition) is 3. The molecule has 0 saturated heterocycles. The molecule has 12 nitrogen and oxygen atoms in total. The second-order valence-corrected chi connectivity index (χ2v) is 12.3. The summed E-state index contributed by atoms with van der Waals surface area (Å²) >= 11 is 0. The average molecular weight is 593 g/mol. The highest BCUT2D eigenvalue weighted by atomic mass is 32.2. The topological polar surface area (TPSA) is 154 Å². The molecule has 0 bridgehead atoms. The number of aromatic nitrogens is 3. The van der Waals surface area contributed by atoms with Crippen molar-refractivity contribution >= 4 is 39.1 Å². The predicted molar refractivity (Wildman–Crippen MR) is 160 cm³/mol. The van der Waals surface area contributed by atoms with Crippen LogP contribution < -0.4 is 24.8 Å². The largest absolute Gasteiger partial charge is 0.492 e. The summed E-state index contributed by atoms with van der Waals surface area (Å²) in [5.41, 5.74) is 3.09. The van der Waals surface area contributed by atoms with Crippen molar-refractivity contribution in [2.75, 3.05) is 28.7 Å². The van der Waals surface area contributed by atoms with E-state index in [1.165, 1.54) is 18.0 Å². The summed E-state index contributed by atoms with van der Waals surface area (Å²) in [7, 11) is -2.23. The van der Waals surface area contributed by atoms with Gasteiger partial charge in [0.25, 0.3) is 11.8 Å². The van der Waals surface area contributed by atoms with E-state index in [0.29, 0.717) is 17.1 Å². The van der Waals surface area contributed by atoms with Crippen molar-refractivity contribution in [2.45, 2.75) is 33.1 Å². The van der Waals surface area contributed by atoms with E-state index in [-0.39, 0.29) is 28.3 Å². The van der Waals surface area contributed by atoms with Gasteiger partial charge < -0.3 is 14.8 Å². The van der Waals surface area contributed by atoms with Crippen molar-refractivity contribution in [3.05, 3.63) is 83.6 Å². The van der Waals surface area contributed by atoms with Crippen LogP contribution in [0.3, 0.4) is 0 Å². The van der Waals surface area contributed by atoms with Crippen LogP contribution in [0.1, 0.15) is 42.3 Å². The van der Waals surface area contributed by atoms with E-state index in [4.69, 9.17) is 9.47 Å². The molecule has 0 unspecified atom stereocenters. The lowest BCUT2D eigenvalue weighted by atomic mass is 9.86. The molecule has 3 aromatic carbocycles. The summed E-state index contributed by atoms with van der Waals surface area (Å²) < 4.78 is 38.7. The second-order valence-electron chi connectivity index (χ2n) is 10.6. The van der Waals surface area contributed by atoms with Crippen LogP contribution in [0.2, 0.25) is 0 Å². The van der Waals surface area contributed by atoms with Gasteiger partial charge in [0.05, 0.1) is 36.6 Å². The maximum Gasteiger partial charge on any atom is 0.418 e. The Morgan fingerprint density at radius 3 is 2.29 bits per heavy atom. The molecule has 0 aliphatic rings. The van der Waals surface area contributed by atoms with E-state index in [1.54, 1.807) is 54.6 Å². The van der Waals surface area contributed by atoms with Crippen molar-refractivity contribution in [2.24, 2.45) is 0 Å². The Labute approximate surface area is 244 Å². The summed E-state index contributed by atoms with van der Waals surface area (Å²) in [5.74, 6) is -0.335. The molecule has 0 atom stereocenters. The molecule has 0 radical (unpaired) electrons. The lowest BCUT2D eigenvalue weighted by molar-refractivity contribution is 0.102. The summed E-state index contributed by atoms with van der Waals surface area (Å²) in [4.78, 5) is 25.7. The highest BCUT2D eigenvalue weighted by Crippen LogP contribution is 2.39. The van der Waals surface area contributed by atoms with Gasteiger partial charge in [0.15, 0.2) is 5.75 Å². The maximum absolute atomic E-state index is 13.4. The average Bonchev–Trinajstić information content (AvgIpc) is 3.35. The van der Waals surface area contributed by atoms with Gasteiger partial charge in [-0.1, -0.05) is 55.3 Å². The highest BCUT2D eigenvalue weighted by molar-refractivity contribution is 7.92. The van der Waals surface area contributed by atoms with Gasteiger partial charge in [0.1, 0.15) is 0 Å². The third-order valence-corrected chi connectivity index (χ3v) is 6.70. The zero-order valence-electron chi connectivity index (χ0n) is 24.1. The molecule has 0 spiro atoms. The van der Waals surface area contributed by atoms with Crippen molar-refractivity contribution in [1.29, 1.82) is 0 Å². The molecule has 3 N–H and O–H groups in total. The van der Waals surface area contributed by atoms with Gasteiger partial charge in [0.2, 0.25) is 10.0 Å². The SMILES string of the molecule is COc1c(NC(=O)c2ccc(C)c(-n3cc(OC(=O)Nc4ccccc4)nn3)c2)cc(C(C)(C)C)cc1NS(C)(=O)=O. The molecule has 1 aromatic heterocycles. The normalized spacial score (nSPS) is 11.5. The van der Waals surface area contributed by atoms with E-state index in [2.05, 4.69) is 25.7 Å². The van der Waals surface area contributed by atoms with Crippen molar-refractivity contribution < 1.29 is 27.5 Å². The first-order valence-corrected chi connectivity index (χ1v) is 14.7. The number of amides is 2. The predicted octanol–water partition coefficient (Wildman–Crippen LogP) is 5.12. The van der Waals surface area contributed by atoms with Crippen molar-refractivity contribution in [1.82, 2.24) is 15.0 Å². The van der Waals surface area contributed by atoms with Gasteiger partial charge >= 0.3 is 6.09 Å². The minimum absolute atomic E-state index is 0.0349. The van der Waals surface area contributed by atoms with Crippen LogP contribution in [-0.2, 0) is 15.4 Å². The Bertz CT molecular complexity index is 1730. The van der Waals surface area contributed by atoms with Crippen LogP contribution in [0.25, 0.3) is 5.69 Å². The number of ether oxygens (including phenoxy) is 2. The number of para-hydroxylation sites is 1. The molecule has 42 heavy (non-hydrogen) atoms. The fraction of sp³-hybridized carbons (Fsp3) is 0.241. The van der Waals surface area contributed by atoms with Crippen LogP contribution in [0, 0.1) is 6.92 Å². The van der Waals surface area contributed by atoms with Crippen LogP contribution in [0.15, 0.2) is 66.9 Å². The standard InChI is InChI=1S/C29H32N6O6S/c1-18-12-13-19(14-24(18)35-17-25(32-34-35)41-28(37)30-21-10-8-7-9-11-21)27(36)31-22-15-20(29(2,3)4)16-23(26(22)40-5)33-42(6,38)39/h7-17,33H,1-6H3,(H,30,37)(H,31,36). The van der Waals surface area contributed by atoms with Crippen LogP contribution in [0.5, 0.6) is 11.6 Å². The van der Waals surface area contributed by atoms with E-state index >= 15 is 0 Å². The van der Waals surface area contributed by atoms with Crippen molar-refractivity contribution in [3.63, 3.8) is 0 Å². The number of aryl methyl sites for hydroxylation is 1. The number of carbonyl (C=O) groups excluding carboxylic acids is 2. The Morgan fingerprint density at radius 2 is 1.64 bits per heavy atom. The number of nitrogens with one attached hydrogen (secondary N) is 3. The number of hydrogen-bond acceptors (Lipinski definition) is 8. The van der Waals surface area contributed by atoms with Gasteiger partial charge in [-0.2, -0.15) is 0 Å². The quantitative estimate of drug-likeness (QED) is 0.255. The molecule has 220 valence electrons. The Morgan fingerprint density at radius 1 is 0.952 bits per heavy atom. The maximum atomic E-state index is 13.4. The second kappa shape index (κ2) is 11.9. The number of benzene rings is 3. The Kier molecular flexibility index (Phi) is 8.52. The van der Waals surface area contributed by atoms with Crippen LogP contribution in [-0.4, -0.2) is 48.8 Å². The summed E-state index contributed by atoms with van der Waals surface area (Å²) in [6, 6.07) is 17.3. The first-order valence-electron chi connectivity index (χ1n) is 12.8. The number of nitrogens with zero attached hydrogens (tertiary/aromatic N) is 3. The van der Waals surface area contributed by atoms with Gasteiger partial charge in [-0.05, 0) is 59.9 Å². The van der Waals surface area contributed by atoms with Gasteiger partial charge in [-0.15, -0.1) is 0 Å². The van der Waals surface area contributed by atoms with Crippen LogP contribution in [0.4, 0.5) is 21.9 Å². The summed E-state index contributed by atoms with van der Waals surface area (Å²) in [5, 5.41) is 13.4. The first-order chi connectivity index (χ1) is 19.7. The van der Waals surface area contributed by atoms with E-state index in [9.17, 15) is 18.0 Å². The monoisotopic (exact) mass is 592 g/mol. The van der Waals surface area contributed by atoms with E-state index in [0.717, 1.165) is 17.4 Å². The summed E-state index contributed by atoms with van der Waals surface area (Å²) in [6.07, 6.45) is 1.74. The third kappa shape index (κ3) is 7.43. The minimum atomic E-state index is -3.63. The zero-order valence-corrected chi connectivity index (χ0v) is 24.9. The molecule has 1 heterocycles. The highest BCUT2D eigenvalue weighted by Gasteiger charge is 2.23. The Hall–Kier alpha value is -4.91. The number of methoxy groups -OCH3 is 1. The molecule has 2 amide bonds. The van der Waals surface area contributed by atoms with Gasteiger partial charge in [-0.25, -0.2) is 17.9 Å². The molecule has 0 aliphatic heterocycles. The lowest BCUT2D eigenvalue weighted by Crippen LogP contribution is -2.18. The summed E-state index contributed by atoms with van der Waals surface area (Å²) in [6.45, 7) is 7.75. The number of rotatable bonds is 8. The molecular formula is C29H32N6O6S. The molecular weight excluding hydrogens is 560 g/mol. The fourth-order valence-electron chi connectivity index (χ4n) is 4.01. The van der Waals surface area contributed by atoms with Crippen LogP contribution >= 0.6 is 0 Å². The molecule has 0 fully saturated rings. The number of carbonyl (C=O) groups is 2. The molecule has 0 aliphatic carbocycles. The van der Waals surface area contributed by atoms with Gasteiger partial charge in [0, 0.05) is 11.3 Å². The fourth-order valence-corrected chi connectivity index (χ4v) is 4.57. The number of sulfonamides is 1. The zero-order chi connectivity index (χ0) is 30.7. The van der Waals surface area contributed by atoms with Gasteiger partial charge in [-0.3, -0.25) is 14.8 Å². The van der Waals surface area contributed by atoms with E-state index < -0.39 is 22.0 Å². The third-order valence-electron chi connectivity index (χ3n) is 6.11. The smallest absolute Gasteiger partial charge is 0.418 e. The molecule has 4 rings (SSSR count). The van der Waals surface area contributed by atoms with Crippen molar-refractivity contribution in [3.8, 4) is 17.3 Å². The molecule has 13 heteroatoms. The Balaban J connectivity index is 1.59. The molecule has 0 saturated carbocycles. The molecule has 4 aromatic rings. The minimum Gasteiger partial charge on any atom is -0.492 e.